The molecule has 0 bridgehead atoms. The van der Waals surface area contributed by atoms with Crippen molar-refractivity contribution in [3.8, 4) is 23.1 Å². The smallest absolute Gasteiger partial charge is 0.270 e. The minimum Gasteiger partial charge on any atom is -0.496 e. The Morgan fingerprint density at radius 2 is 2.00 bits per heavy atom. The van der Waals surface area contributed by atoms with Crippen LogP contribution in [0.3, 0.4) is 0 Å². The number of thioether (sulfide) groups is 1. The number of methoxy groups -OCH3 is 1. The van der Waals surface area contributed by atoms with E-state index in [0.29, 0.717) is 17.0 Å². The second-order valence-electron chi connectivity index (χ2n) is 7.01. The maximum Gasteiger partial charge on any atom is 0.270 e. The van der Waals surface area contributed by atoms with Gasteiger partial charge < -0.3 is 4.74 Å². The number of H-pyrrole nitrogens is 1. The molecule has 0 saturated heterocycles. The van der Waals surface area contributed by atoms with Crippen molar-refractivity contribution >= 4 is 23.9 Å². The van der Waals surface area contributed by atoms with E-state index in [0.717, 1.165) is 21.9 Å². The average Bonchev–Trinajstić information content (AvgIpc) is 2.88. The van der Waals surface area contributed by atoms with E-state index in [1.54, 1.807) is 43.4 Å². The number of anilines is 1. The Morgan fingerprint density at radius 3 is 2.74 bits per heavy atom. The zero-order valence-corrected chi connectivity index (χ0v) is 19.0. The fourth-order valence-corrected chi connectivity index (χ4v) is 4.02. The van der Waals surface area contributed by atoms with Crippen LogP contribution in [0.25, 0.3) is 11.3 Å². The summed E-state index contributed by atoms with van der Waals surface area (Å²) in [4.78, 5) is 23.6. The van der Waals surface area contributed by atoms with Crippen LogP contribution in [0.4, 0.5) is 5.95 Å². The first-order valence-corrected chi connectivity index (χ1v) is 11.3. The van der Waals surface area contributed by atoms with Crippen LogP contribution in [0.15, 0.2) is 87.8 Å². The first kappa shape index (κ1) is 22.8. The van der Waals surface area contributed by atoms with Gasteiger partial charge in [0.15, 0.2) is 0 Å². The molecule has 0 unspecified atom stereocenters. The van der Waals surface area contributed by atoms with E-state index in [2.05, 4.69) is 25.5 Å². The molecule has 0 radical (unpaired) electrons. The van der Waals surface area contributed by atoms with Gasteiger partial charge in [-0.3, -0.25) is 9.78 Å². The third-order valence-corrected chi connectivity index (χ3v) is 5.77. The Kier molecular flexibility index (Phi) is 7.32. The molecule has 4 rings (SSSR count). The van der Waals surface area contributed by atoms with Gasteiger partial charge in [0.2, 0.25) is 5.95 Å². The Balaban J connectivity index is 1.53. The van der Waals surface area contributed by atoms with Crippen LogP contribution in [0, 0.1) is 11.3 Å². The predicted molar refractivity (Wildman–Crippen MR) is 133 cm³/mol. The summed E-state index contributed by atoms with van der Waals surface area (Å²) in [5, 5.41) is 14.5. The molecular weight excluding hydrogens is 448 g/mol. The summed E-state index contributed by atoms with van der Waals surface area (Å²) in [7, 11) is 1.64. The lowest BCUT2D eigenvalue weighted by Crippen LogP contribution is -2.16. The molecule has 0 spiro atoms. The van der Waals surface area contributed by atoms with Crippen LogP contribution < -0.4 is 15.7 Å². The van der Waals surface area contributed by atoms with Gasteiger partial charge in [0.1, 0.15) is 17.4 Å². The molecule has 34 heavy (non-hydrogen) atoms. The number of ether oxygens (including phenoxy) is 1. The number of hydrazone groups is 1. The van der Waals surface area contributed by atoms with Crippen LogP contribution in [-0.2, 0) is 5.75 Å². The molecule has 0 aliphatic carbocycles. The van der Waals surface area contributed by atoms with Gasteiger partial charge in [-0.25, -0.2) is 15.4 Å². The number of hydrogen-bond acceptors (Lipinski definition) is 8. The van der Waals surface area contributed by atoms with Gasteiger partial charge in [0.25, 0.3) is 5.56 Å². The van der Waals surface area contributed by atoms with Crippen molar-refractivity contribution < 1.29 is 4.74 Å². The van der Waals surface area contributed by atoms with Crippen molar-refractivity contribution in [2.45, 2.75) is 10.8 Å². The molecule has 0 fully saturated rings. The number of nitriles is 1. The molecule has 0 atom stereocenters. The normalized spacial score (nSPS) is 10.7. The molecule has 4 aromatic rings. The summed E-state index contributed by atoms with van der Waals surface area (Å²) >= 11 is 1.61. The molecule has 2 aromatic carbocycles. The highest BCUT2D eigenvalue weighted by Gasteiger charge is 2.13. The van der Waals surface area contributed by atoms with Gasteiger partial charge in [-0.1, -0.05) is 36.4 Å². The molecule has 0 saturated carbocycles. The van der Waals surface area contributed by atoms with E-state index in [1.165, 1.54) is 0 Å². The van der Waals surface area contributed by atoms with Gasteiger partial charge in [-0.05, 0) is 35.9 Å². The molecule has 0 amide bonds. The highest BCUT2D eigenvalue weighted by Crippen LogP contribution is 2.27. The Morgan fingerprint density at radius 1 is 1.18 bits per heavy atom. The van der Waals surface area contributed by atoms with Gasteiger partial charge in [-0.2, -0.15) is 10.4 Å². The lowest BCUT2D eigenvalue weighted by atomic mass is 10.1. The van der Waals surface area contributed by atoms with E-state index in [-0.39, 0.29) is 11.5 Å². The van der Waals surface area contributed by atoms with E-state index < -0.39 is 5.56 Å². The quantitative estimate of drug-likeness (QED) is 0.223. The van der Waals surface area contributed by atoms with Gasteiger partial charge in [0.05, 0.1) is 24.0 Å². The number of aromatic amines is 1. The highest BCUT2D eigenvalue weighted by molar-refractivity contribution is 7.98. The van der Waals surface area contributed by atoms with Crippen LogP contribution in [0.2, 0.25) is 0 Å². The van der Waals surface area contributed by atoms with Crippen molar-refractivity contribution in [2.24, 2.45) is 5.10 Å². The monoisotopic (exact) mass is 468 g/mol. The summed E-state index contributed by atoms with van der Waals surface area (Å²) in [6.45, 7) is 0. The SMILES string of the molecule is COc1ccc(C=NNc2nc(-c3ccccc3)c(C#N)c(=O)[nH]2)cc1CSc1ccccn1. The molecule has 2 N–H and O–H groups in total. The third kappa shape index (κ3) is 5.49. The maximum atomic E-state index is 12.4. The van der Waals surface area contributed by atoms with Crippen LogP contribution in [-0.4, -0.2) is 28.3 Å². The molecule has 0 aliphatic rings. The fourth-order valence-electron chi connectivity index (χ4n) is 3.18. The van der Waals surface area contributed by atoms with E-state index in [1.807, 2.05) is 60.7 Å². The Labute approximate surface area is 200 Å². The molecule has 168 valence electrons. The third-order valence-electron chi connectivity index (χ3n) is 4.78. The Hall–Kier alpha value is -4.42. The van der Waals surface area contributed by atoms with Crippen LogP contribution >= 0.6 is 11.8 Å². The summed E-state index contributed by atoms with van der Waals surface area (Å²) in [6, 6.07) is 22.5. The number of pyridine rings is 1. The molecule has 8 nitrogen and oxygen atoms in total. The molecule has 9 heteroatoms. The van der Waals surface area contributed by atoms with Crippen molar-refractivity contribution in [1.82, 2.24) is 15.0 Å². The maximum absolute atomic E-state index is 12.4. The number of hydrogen-bond donors (Lipinski definition) is 2. The number of nitrogens with zero attached hydrogens (tertiary/aromatic N) is 4. The van der Waals surface area contributed by atoms with Crippen molar-refractivity contribution in [3.05, 3.63) is 100.0 Å². The highest BCUT2D eigenvalue weighted by atomic mass is 32.2. The second-order valence-corrected chi connectivity index (χ2v) is 8.01. The van der Waals surface area contributed by atoms with E-state index >= 15 is 0 Å². The summed E-state index contributed by atoms with van der Waals surface area (Å²) in [6.07, 6.45) is 3.38. The zero-order chi connectivity index (χ0) is 23.8. The average molecular weight is 469 g/mol. The summed E-state index contributed by atoms with van der Waals surface area (Å²) < 4.78 is 5.48. The minimum absolute atomic E-state index is 0.0501. The van der Waals surface area contributed by atoms with E-state index in [9.17, 15) is 10.1 Å². The molecule has 2 heterocycles. The molecule has 0 aliphatic heterocycles. The number of benzene rings is 2. The first-order chi connectivity index (χ1) is 16.7. The first-order valence-electron chi connectivity index (χ1n) is 10.3. The zero-order valence-electron chi connectivity index (χ0n) is 18.2. The number of nitrogens with one attached hydrogen (secondary N) is 2. The lowest BCUT2D eigenvalue weighted by molar-refractivity contribution is 0.411. The molecule has 2 aromatic heterocycles. The van der Waals surface area contributed by atoms with Gasteiger partial charge in [0, 0.05) is 23.1 Å². The predicted octanol–water partition coefficient (Wildman–Crippen LogP) is 4.45. The number of rotatable bonds is 8. The van der Waals surface area contributed by atoms with Crippen LogP contribution in [0.5, 0.6) is 5.75 Å². The van der Waals surface area contributed by atoms with Gasteiger partial charge >= 0.3 is 0 Å². The van der Waals surface area contributed by atoms with Crippen molar-refractivity contribution in [2.75, 3.05) is 12.5 Å². The fraction of sp³-hybridized carbons (Fsp3) is 0.0800. The second kappa shape index (κ2) is 10.9. The summed E-state index contributed by atoms with van der Waals surface area (Å²) in [5.74, 6) is 1.60. The number of aromatic nitrogens is 3. The topological polar surface area (TPSA) is 116 Å². The van der Waals surface area contributed by atoms with E-state index in [4.69, 9.17) is 4.74 Å². The Bertz CT molecular complexity index is 1400. The lowest BCUT2D eigenvalue weighted by Gasteiger charge is -2.09. The van der Waals surface area contributed by atoms with Crippen molar-refractivity contribution in [1.29, 1.82) is 5.26 Å². The van der Waals surface area contributed by atoms with Crippen molar-refractivity contribution in [3.63, 3.8) is 0 Å². The largest absolute Gasteiger partial charge is 0.496 e. The summed E-state index contributed by atoms with van der Waals surface area (Å²) in [5.41, 5.74) is 4.96. The van der Waals surface area contributed by atoms with Crippen LogP contribution in [0.1, 0.15) is 16.7 Å². The van der Waals surface area contributed by atoms with Gasteiger partial charge in [-0.15, -0.1) is 11.8 Å². The minimum atomic E-state index is -0.535. The molecular formula is C25H20N6O2S. The standard InChI is InChI=1S/C25H20N6O2S/c1-33-21-11-10-17(13-19(21)16-34-22-9-5-6-12-27-22)15-28-31-25-29-23(18-7-3-2-4-8-18)20(14-26)24(32)30-25/h2-13,15H,16H2,1H3,(H2,29,30,31,32).